The number of ether oxygens (including phenoxy) is 5. The van der Waals surface area contributed by atoms with Crippen molar-refractivity contribution in [1.29, 1.82) is 0 Å². The van der Waals surface area contributed by atoms with Crippen LogP contribution < -0.4 is 0 Å². The van der Waals surface area contributed by atoms with Crippen LogP contribution in [-0.2, 0) is 44.6 Å². The number of cyclic esters (lactones) is 1. The van der Waals surface area contributed by atoms with Gasteiger partial charge in [0.2, 0.25) is 0 Å². The van der Waals surface area contributed by atoms with E-state index < -0.39 is 77.3 Å². The standard InChI is InChI=1S/C46H68ClN5O9/c1-14-36-46(15-2)40(52(44(56)61-46)21-17-16-20-51-25-34(49-32(51)9)33-18-19-37(47)48-24-33)29(6)38(53)26(3)23-45(10,57-13)41(30(7)39(54)31(8)42(55)59-36)60-43-28(5)35(50(11)12)22-27(4)58-43/h15,18-19,24-31,35-36,40-41,43H,2,14,16-17,20-23H2,1,3-13H3/t26-,27?,28-,29+,30?,31?,35?,36?,40?,41-,43?,45+,46-/m1/s1. The fraction of sp³-hybridized carbons (Fsp3) is 0.696. The van der Waals surface area contributed by atoms with Crippen molar-refractivity contribution in [3.8, 4) is 11.3 Å². The van der Waals surface area contributed by atoms with Gasteiger partial charge < -0.3 is 33.2 Å². The lowest BCUT2D eigenvalue weighted by atomic mass is 9.72. The Bertz CT molecular complexity index is 1890. The molecule has 14 nitrogen and oxygen atoms in total. The number of hydrogen-bond donors (Lipinski definition) is 0. The summed E-state index contributed by atoms with van der Waals surface area (Å²) in [7, 11) is 5.60. The third-order valence-corrected chi connectivity index (χ3v) is 13.8. The lowest BCUT2D eigenvalue weighted by molar-refractivity contribution is -0.280. The average molecular weight is 871 g/mol. The Morgan fingerprint density at radius 2 is 1.72 bits per heavy atom. The highest BCUT2D eigenvalue weighted by Crippen LogP contribution is 2.44. The van der Waals surface area contributed by atoms with E-state index in [1.807, 2.05) is 61.0 Å². The molecule has 13 atom stereocenters. The van der Waals surface area contributed by atoms with Gasteiger partial charge in [-0.3, -0.25) is 19.3 Å². The number of halogens is 1. The van der Waals surface area contributed by atoms with E-state index in [0.717, 1.165) is 23.5 Å². The van der Waals surface area contributed by atoms with Crippen molar-refractivity contribution >= 4 is 35.2 Å². The smallest absolute Gasteiger partial charge is 0.411 e. The first-order valence-electron chi connectivity index (χ1n) is 21.8. The number of hydrogen-bond acceptors (Lipinski definition) is 12. The Morgan fingerprint density at radius 3 is 2.33 bits per heavy atom. The topological polar surface area (TPSA) is 152 Å². The van der Waals surface area contributed by atoms with Crippen LogP contribution in [0.3, 0.4) is 0 Å². The number of Topliss-reactive ketones (excluding diaryl/α,β-unsaturated/α-hetero) is 2. The highest BCUT2D eigenvalue weighted by atomic mass is 35.5. The van der Waals surface area contributed by atoms with Gasteiger partial charge >= 0.3 is 12.1 Å². The predicted molar refractivity (Wildman–Crippen MR) is 232 cm³/mol. The first-order valence-corrected chi connectivity index (χ1v) is 22.2. The van der Waals surface area contributed by atoms with Crippen LogP contribution in [0.25, 0.3) is 11.3 Å². The number of rotatable bonds is 12. The molecule has 61 heavy (non-hydrogen) atoms. The number of fused-ring (bicyclic) bond motifs is 1. The van der Waals surface area contributed by atoms with Crippen molar-refractivity contribution in [3.05, 3.63) is 48.2 Å². The summed E-state index contributed by atoms with van der Waals surface area (Å²) in [6.45, 7) is 21.6. The molecule has 0 aliphatic carbocycles. The minimum Gasteiger partial charge on any atom is -0.457 e. The summed E-state index contributed by atoms with van der Waals surface area (Å²) in [6.07, 6.45) is 4.23. The molecule has 0 bridgehead atoms. The monoisotopic (exact) mass is 869 g/mol. The molecule has 2 aromatic rings. The van der Waals surface area contributed by atoms with Gasteiger partial charge in [-0.05, 0) is 92.1 Å². The Balaban J connectivity index is 1.46. The van der Waals surface area contributed by atoms with Gasteiger partial charge in [0.25, 0.3) is 0 Å². The second kappa shape index (κ2) is 19.8. The first kappa shape index (κ1) is 48.3. The van der Waals surface area contributed by atoms with E-state index in [1.54, 1.807) is 38.1 Å². The van der Waals surface area contributed by atoms with Crippen LogP contribution >= 0.6 is 11.6 Å². The van der Waals surface area contributed by atoms with Crippen molar-refractivity contribution in [2.75, 3.05) is 27.7 Å². The number of amides is 1. The minimum atomic E-state index is -1.58. The molecule has 0 spiro atoms. The Kier molecular flexibility index (Phi) is 15.7. The zero-order valence-electron chi connectivity index (χ0n) is 38.2. The molecule has 0 aromatic carbocycles. The normalized spacial score (nSPS) is 35.4. The Morgan fingerprint density at radius 1 is 1.03 bits per heavy atom. The maximum atomic E-state index is 14.9. The second-order valence-corrected chi connectivity index (χ2v) is 18.5. The quantitative estimate of drug-likeness (QED) is 0.0691. The van der Waals surface area contributed by atoms with E-state index in [1.165, 1.54) is 13.0 Å². The van der Waals surface area contributed by atoms with Gasteiger partial charge in [0.1, 0.15) is 28.8 Å². The van der Waals surface area contributed by atoms with E-state index >= 15 is 0 Å². The molecule has 1 amide bonds. The molecule has 338 valence electrons. The molecule has 0 radical (unpaired) electrons. The molecule has 3 saturated heterocycles. The fourth-order valence-corrected chi connectivity index (χ4v) is 10.1. The van der Waals surface area contributed by atoms with E-state index in [4.69, 9.17) is 40.3 Å². The first-order chi connectivity index (χ1) is 28.7. The number of ketones is 2. The van der Waals surface area contributed by atoms with Crippen LogP contribution in [0.15, 0.2) is 37.2 Å². The summed E-state index contributed by atoms with van der Waals surface area (Å²) in [4.78, 5) is 70.1. The number of aromatic nitrogens is 3. The van der Waals surface area contributed by atoms with Crippen LogP contribution in [0.1, 0.15) is 93.3 Å². The lowest BCUT2D eigenvalue weighted by Crippen LogP contribution is -2.59. The van der Waals surface area contributed by atoms with Gasteiger partial charge in [-0.1, -0.05) is 52.8 Å². The number of unbranched alkanes of at least 4 members (excludes halogenated alkanes) is 1. The van der Waals surface area contributed by atoms with Gasteiger partial charge in [-0.2, -0.15) is 0 Å². The third-order valence-electron chi connectivity index (χ3n) is 13.6. The number of nitrogens with zero attached hydrogens (tertiary/aromatic N) is 5. The van der Waals surface area contributed by atoms with Gasteiger partial charge in [-0.25, -0.2) is 14.8 Å². The molecular weight excluding hydrogens is 802 g/mol. The van der Waals surface area contributed by atoms with Crippen LogP contribution in [0.2, 0.25) is 5.15 Å². The van der Waals surface area contributed by atoms with Crippen molar-refractivity contribution in [1.82, 2.24) is 24.3 Å². The third kappa shape index (κ3) is 9.93. The summed E-state index contributed by atoms with van der Waals surface area (Å²) in [5, 5.41) is 0.404. The summed E-state index contributed by atoms with van der Waals surface area (Å²) in [5.41, 5.74) is -1.14. The molecule has 5 heterocycles. The molecule has 15 heteroatoms. The fourth-order valence-electron chi connectivity index (χ4n) is 9.98. The highest BCUT2D eigenvalue weighted by Gasteiger charge is 2.61. The summed E-state index contributed by atoms with van der Waals surface area (Å²) < 4.78 is 34.0. The number of carbonyl (C=O) groups excluding carboxylic acids is 4. The van der Waals surface area contributed by atoms with Gasteiger partial charge in [-0.15, -0.1) is 0 Å². The minimum absolute atomic E-state index is 0.0687. The van der Waals surface area contributed by atoms with E-state index in [9.17, 15) is 19.2 Å². The number of esters is 1. The lowest BCUT2D eigenvalue weighted by Gasteiger charge is -2.47. The molecule has 3 fully saturated rings. The molecule has 3 aliphatic heterocycles. The number of methoxy groups -OCH3 is 1. The highest BCUT2D eigenvalue weighted by molar-refractivity contribution is 6.29. The number of imidazole rings is 1. The molecule has 7 unspecified atom stereocenters. The second-order valence-electron chi connectivity index (χ2n) is 18.1. The molecule has 5 rings (SSSR count). The van der Waals surface area contributed by atoms with Gasteiger partial charge in [0.05, 0.1) is 29.5 Å². The van der Waals surface area contributed by atoms with Crippen molar-refractivity contribution < 1.29 is 42.9 Å². The van der Waals surface area contributed by atoms with E-state index in [-0.39, 0.29) is 43.2 Å². The number of aryl methyl sites for hydroxylation is 2. The molecular formula is C46H68ClN5O9. The summed E-state index contributed by atoms with van der Waals surface area (Å²) in [5.74, 6) is -4.04. The summed E-state index contributed by atoms with van der Waals surface area (Å²) in [6, 6.07) is 2.87. The zero-order valence-corrected chi connectivity index (χ0v) is 38.9. The average Bonchev–Trinajstić information content (AvgIpc) is 3.75. The van der Waals surface area contributed by atoms with E-state index in [0.29, 0.717) is 24.5 Å². The molecule has 3 aliphatic rings. The predicted octanol–water partition coefficient (Wildman–Crippen LogP) is 7.33. The van der Waals surface area contributed by atoms with Crippen LogP contribution in [0.5, 0.6) is 0 Å². The Hall–Kier alpha value is -3.69. The summed E-state index contributed by atoms with van der Waals surface area (Å²) >= 11 is 5.99. The molecule has 0 N–H and O–H groups in total. The van der Waals surface area contributed by atoms with Crippen molar-refractivity contribution in [2.24, 2.45) is 29.6 Å². The van der Waals surface area contributed by atoms with Crippen LogP contribution in [0, 0.1) is 36.5 Å². The molecule has 0 saturated carbocycles. The van der Waals surface area contributed by atoms with Crippen LogP contribution in [-0.4, -0.2) is 124 Å². The molecule has 2 aromatic heterocycles. The number of carbonyl (C=O) groups is 4. The van der Waals surface area contributed by atoms with Crippen molar-refractivity contribution in [3.63, 3.8) is 0 Å². The maximum Gasteiger partial charge on any atom is 0.411 e. The van der Waals surface area contributed by atoms with Crippen molar-refractivity contribution in [2.45, 2.75) is 149 Å². The largest absolute Gasteiger partial charge is 0.457 e. The van der Waals surface area contributed by atoms with Gasteiger partial charge in [0, 0.05) is 67.9 Å². The van der Waals surface area contributed by atoms with E-state index in [2.05, 4.69) is 28.0 Å². The maximum absolute atomic E-state index is 14.9. The zero-order chi connectivity index (χ0) is 45.1. The number of pyridine rings is 1. The van der Waals surface area contributed by atoms with Gasteiger partial charge in [0.15, 0.2) is 17.7 Å². The SMILES string of the molecule is C=C[C@]12OC(=O)N(CCCCn3cc(-c4ccc(Cl)nc4)nc3C)C1[C@@H](C)C(=O)[C@H](C)C[C@](C)(OC)[C@H](OC1OC(C)CC(N(C)C)[C@H]1C)C(C)C(=O)C(C)C(=O)OC2CC. The van der Waals surface area contributed by atoms with Crippen LogP contribution in [0.4, 0.5) is 4.79 Å². The Labute approximate surface area is 367 Å².